The van der Waals surface area contributed by atoms with Gasteiger partial charge in [0.2, 0.25) is 0 Å². The van der Waals surface area contributed by atoms with Crippen LogP contribution in [0, 0.1) is 0 Å². The van der Waals surface area contributed by atoms with Crippen molar-refractivity contribution in [3.63, 3.8) is 0 Å². The van der Waals surface area contributed by atoms with Gasteiger partial charge in [0.05, 0.1) is 11.6 Å². The van der Waals surface area contributed by atoms with Crippen molar-refractivity contribution in [2.24, 2.45) is 10.7 Å². The van der Waals surface area contributed by atoms with Gasteiger partial charge in [-0.2, -0.15) is 8.78 Å². The van der Waals surface area contributed by atoms with Crippen LogP contribution in [0.3, 0.4) is 0 Å². The van der Waals surface area contributed by atoms with Gasteiger partial charge in [0.1, 0.15) is 5.75 Å². The number of rotatable bonds is 5. The number of aliphatic imine (C=N–C) groups is 1. The van der Waals surface area contributed by atoms with E-state index in [9.17, 15) is 8.78 Å². The number of hydrogen-bond donors (Lipinski definition) is 2. The second kappa shape index (κ2) is 9.47. The molecule has 0 saturated carbocycles. The van der Waals surface area contributed by atoms with Gasteiger partial charge >= 0.3 is 6.61 Å². The highest BCUT2D eigenvalue weighted by molar-refractivity contribution is 14.0. The Labute approximate surface area is 149 Å². The molecule has 1 aromatic carbocycles. The summed E-state index contributed by atoms with van der Waals surface area (Å²) in [6.45, 7) is 0.824. The van der Waals surface area contributed by atoms with Crippen LogP contribution in [-0.2, 0) is 6.54 Å². The van der Waals surface area contributed by atoms with Gasteiger partial charge in [-0.25, -0.2) is 4.99 Å². The molecule has 0 aliphatic heterocycles. The molecule has 9 heteroatoms. The van der Waals surface area contributed by atoms with Gasteiger partial charge in [-0.3, -0.25) is 0 Å². The molecule has 0 saturated heterocycles. The minimum Gasteiger partial charge on any atom is -0.433 e. The lowest BCUT2D eigenvalue weighted by Crippen LogP contribution is -2.36. The van der Waals surface area contributed by atoms with Crippen LogP contribution in [0.5, 0.6) is 5.75 Å². The first-order valence-electron chi connectivity index (χ1n) is 5.78. The van der Waals surface area contributed by atoms with E-state index < -0.39 is 6.61 Å². The zero-order valence-electron chi connectivity index (χ0n) is 11.4. The average Bonchev–Trinajstić information content (AvgIpc) is 2.29. The van der Waals surface area contributed by atoms with Crippen LogP contribution in [0.1, 0.15) is 19.4 Å². The molecule has 1 rings (SSSR count). The van der Waals surface area contributed by atoms with Crippen molar-refractivity contribution in [1.29, 1.82) is 0 Å². The lowest BCUT2D eigenvalue weighted by Gasteiger charge is -2.13. The molecular weight excluding hydrogens is 438 g/mol. The SMILES string of the molecule is CC(C)NC(N)=NCc1cc(Cl)cc(Cl)c1OC(F)F.I. The summed E-state index contributed by atoms with van der Waals surface area (Å²) in [4.78, 5) is 4.03. The largest absolute Gasteiger partial charge is 0.433 e. The quantitative estimate of drug-likeness (QED) is 0.402. The maximum atomic E-state index is 12.4. The minimum atomic E-state index is -2.98. The van der Waals surface area contributed by atoms with E-state index in [0.29, 0.717) is 10.6 Å². The van der Waals surface area contributed by atoms with Gasteiger partial charge in [0.25, 0.3) is 0 Å². The Hall–Kier alpha value is -0.540. The van der Waals surface area contributed by atoms with E-state index >= 15 is 0 Å². The van der Waals surface area contributed by atoms with Gasteiger partial charge in [-0.05, 0) is 26.0 Å². The van der Waals surface area contributed by atoms with Crippen molar-refractivity contribution in [3.8, 4) is 5.75 Å². The van der Waals surface area contributed by atoms with Crippen molar-refractivity contribution in [2.45, 2.75) is 33.0 Å². The molecule has 4 nitrogen and oxygen atoms in total. The highest BCUT2D eigenvalue weighted by atomic mass is 127. The second-order valence-corrected chi connectivity index (χ2v) is 5.10. The zero-order chi connectivity index (χ0) is 15.3. The maximum absolute atomic E-state index is 12.4. The highest BCUT2D eigenvalue weighted by Crippen LogP contribution is 2.34. The van der Waals surface area contributed by atoms with E-state index in [2.05, 4.69) is 15.0 Å². The molecule has 0 amide bonds. The van der Waals surface area contributed by atoms with Crippen molar-refractivity contribution < 1.29 is 13.5 Å². The summed E-state index contributed by atoms with van der Waals surface area (Å²) in [5.41, 5.74) is 5.96. The molecule has 0 bridgehead atoms. The first kappa shape index (κ1) is 20.5. The molecule has 0 spiro atoms. The number of nitrogens with one attached hydrogen (secondary N) is 1. The van der Waals surface area contributed by atoms with E-state index in [1.807, 2.05) is 13.8 Å². The van der Waals surface area contributed by atoms with Gasteiger partial charge in [0, 0.05) is 16.6 Å². The monoisotopic (exact) mass is 453 g/mol. The third-order valence-corrected chi connectivity index (χ3v) is 2.65. The highest BCUT2D eigenvalue weighted by Gasteiger charge is 2.15. The molecule has 0 heterocycles. The van der Waals surface area contributed by atoms with E-state index in [1.54, 1.807) is 0 Å². The number of alkyl halides is 2. The van der Waals surface area contributed by atoms with Crippen LogP contribution in [-0.4, -0.2) is 18.6 Å². The summed E-state index contributed by atoms with van der Waals surface area (Å²) in [7, 11) is 0. The molecule has 0 unspecified atom stereocenters. The zero-order valence-corrected chi connectivity index (χ0v) is 15.2. The predicted molar refractivity (Wildman–Crippen MR) is 92.1 cm³/mol. The summed E-state index contributed by atoms with van der Waals surface area (Å²) in [5, 5.41) is 3.18. The van der Waals surface area contributed by atoms with Crippen molar-refractivity contribution in [1.82, 2.24) is 5.32 Å². The van der Waals surface area contributed by atoms with Crippen molar-refractivity contribution in [2.75, 3.05) is 0 Å². The fourth-order valence-corrected chi connectivity index (χ4v) is 2.04. The summed E-state index contributed by atoms with van der Waals surface area (Å²) in [6.07, 6.45) is 0. The molecule has 0 atom stereocenters. The van der Waals surface area contributed by atoms with E-state index in [1.165, 1.54) is 12.1 Å². The Balaban J connectivity index is 0.00000400. The number of nitrogens with zero attached hydrogens (tertiary/aromatic N) is 1. The molecule has 0 radical (unpaired) electrons. The maximum Gasteiger partial charge on any atom is 0.387 e. The summed E-state index contributed by atoms with van der Waals surface area (Å²) >= 11 is 11.7. The van der Waals surface area contributed by atoms with Crippen LogP contribution < -0.4 is 15.8 Å². The second-order valence-electron chi connectivity index (χ2n) is 4.25. The van der Waals surface area contributed by atoms with Gasteiger partial charge in [0.15, 0.2) is 5.96 Å². The topological polar surface area (TPSA) is 59.6 Å². The molecule has 0 aliphatic rings. The fourth-order valence-electron chi connectivity index (χ4n) is 1.46. The van der Waals surface area contributed by atoms with Crippen molar-refractivity contribution in [3.05, 3.63) is 27.7 Å². The molecule has 0 aromatic heterocycles. The number of hydrogen-bond acceptors (Lipinski definition) is 2. The Bertz CT molecular complexity index is 502. The lowest BCUT2D eigenvalue weighted by atomic mass is 10.2. The third kappa shape index (κ3) is 7.32. The first-order valence-corrected chi connectivity index (χ1v) is 6.54. The molecule has 0 aliphatic carbocycles. The Morgan fingerprint density at radius 3 is 2.52 bits per heavy atom. The number of halogens is 5. The minimum absolute atomic E-state index is 0. The van der Waals surface area contributed by atoms with Crippen LogP contribution >= 0.6 is 47.2 Å². The predicted octanol–water partition coefficient (Wildman–Crippen LogP) is 4.03. The van der Waals surface area contributed by atoms with Crippen LogP contribution in [0.15, 0.2) is 17.1 Å². The number of benzene rings is 1. The van der Waals surface area contributed by atoms with Gasteiger partial charge in [-0.15, -0.1) is 24.0 Å². The average molecular weight is 454 g/mol. The number of nitrogens with two attached hydrogens (primary N) is 1. The number of ether oxygens (including phenoxy) is 1. The summed E-state index contributed by atoms with van der Waals surface area (Å²) in [6, 6.07) is 2.89. The lowest BCUT2D eigenvalue weighted by molar-refractivity contribution is -0.0503. The summed E-state index contributed by atoms with van der Waals surface area (Å²) < 4.78 is 29.1. The fraction of sp³-hybridized carbons (Fsp3) is 0.417. The smallest absolute Gasteiger partial charge is 0.387 e. The number of guanidine groups is 1. The molecule has 120 valence electrons. The summed E-state index contributed by atoms with van der Waals surface area (Å²) in [5.74, 6) is 0.0475. The van der Waals surface area contributed by atoms with Crippen LogP contribution in [0.4, 0.5) is 8.78 Å². The molecule has 1 aromatic rings. The Kier molecular flexibility index (Phi) is 9.23. The first-order chi connectivity index (χ1) is 9.29. The van der Waals surface area contributed by atoms with Crippen LogP contribution in [0.2, 0.25) is 10.0 Å². The van der Waals surface area contributed by atoms with Crippen LogP contribution in [0.25, 0.3) is 0 Å². The molecule has 3 N–H and O–H groups in total. The normalized spacial score (nSPS) is 11.5. The van der Waals surface area contributed by atoms with Gasteiger partial charge in [-0.1, -0.05) is 23.2 Å². The van der Waals surface area contributed by atoms with Gasteiger partial charge < -0.3 is 15.8 Å². The van der Waals surface area contributed by atoms with E-state index in [4.69, 9.17) is 28.9 Å². The molecule has 21 heavy (non-hydrogen) atoms. The Morgan fingerprint density at radius 1 is 1.38 bits per heavy atom. The molecule has 0 fully saturated rings. The standard InChI is InChI=1S/C12H15Cl2F2N3O.HI/c1-6(2)19-12(17)18-5-7-3-8(13)4-9(14)10(7)20-11(15)16;/h3-4,6,11H,5H2,1-2H3,(H3,17,18,19);1H. The van der Waals surface area contributed by atoms with Crippen molar-refractivity contribution >= 4 is 53.1 Å². The van der Waals surface area contributed by atoms with E-state index in [-0.39, 0.29) is 53.3 Å². The third-order valence-electron chi connectivity index (χ3n) is 2.15. The Morgan fingerprint density at radius 2 is 2.00 bits per heavy atom. The molecular formula is C12H16Cl2F2IN3O. The van der Waals surface area contributed by atoms with E-state index in [0.717, 1.165) is 0 Å².